The van der Waals surface area contributed by atoms with E-state index in [4.69, 9.17) is 27.4 Å². The van der Waals surface area contributed by atoms with Gasteiger partial charge in [-0.3, -0.25) is 4.79 Å². The van der Waals surface area contributed by atoms with E-state index in [1.807, 2.05) is 0 Å². The highest BCUT2D eigenvalue weighted by molar-refractivity contribution is 6.58. The molecule has 0 unspecified atom stereocenters. The van der Waals surface area contributed by atoms with Crippen molar-refractivity contribution in [2.75, 3.05) is 24.7 Å². The Morgan fingerprint density at radius 1 is 0.964 bits per heavy atom. The lowest BCUT2D eigenvalue weighted by atomic mass is 10.1. The summed E-state index contributed by atoms with van der Waals surface area (Å²) >= 11 is 0. The molecule has 3 rings (SSSR count). The van der Waals surface area contributed by atoms with Crippen molar-refractivity contribution in [3.63, 3.8) is 0 Å². The topological polar surface area (TPSA) is 208 Å². The summed E-state index contributed by atoms with van der Waals surface area (Å²) in [5, 5.41) is 26.1. The molecule has 148 valence electrons. The molecule has 13 nitrogen and oxygen atoms in total. The van der Waals surface area contributed by atoms with Crippen molar-refractivity contribution in [2.24, 2.45) is 20.7 Å². The number of amidine groups is 2. The first-order valence-electron chi connectivity index (χ1n) is 8.32. The molecular formula is C15H20N10O3. The average molecular weight is 388 g/mol. The highest BCUT2D eigenvalue weighted by Gasteiger charge is 2.24. The second-order valence-electron chi connectivity index (χ2n) is 5.81. The molecule has 2 aromatic heterocycles. The Balaban J connectivity index is 2.03. The summed E-state index contributed by atoms with van der Waals surface area (Å²) in [7, 11) is 0. The van der Waals surface area contributed by atoms with Crippen LogP contribution in [-0.4, -0.2) is 66.2 Å². The first kappa shape index (κ1) is 19.2. The second-order valence-corrected chi connectivity index (χ2v) is 5.81. The van der Waals surface area contributed by atoms with Crippen molar-refractivity contribution in [1.29, 1.82) is 0 Å². The fraction of sp³-hybridized carbons (Fsp3) is 0.333. The third-order valence-corrected chi connectivity index (χ3v) is 3.92. The van der Waals surface area contributed by atoms with Gasteiger partial charge in [0.1, 0.15) is 23.0 Å². The molecule has 0 fully saturated rings. The standard InChI is InChI=1S/C15H20N10O3/c16-12-11(28)5-8(21-9-6-19-24(1-3-26)13(9)17)15(23-12)22-10-7-20-25(2-4-27)14(10)18/h6-7,26-27H,1-5,17-18H2,(H2,16,22,23). The smallest absolute Gasteiger partial charge is 0.203 e. The van der Waals surface area contributed by atoms with Crippen molar-refractivity contribution >= 4 is 46.2 Å². The first-order valence-corrected chi connectivity index (χ1v) is 8.32. The van der Waals surface area contributed by atoms with Gasteiger partial charge in [-0.1, -0.05) is 0 Å². The Morgan fingerprint density at radius 3 is 2.04 bits per heavy atom. The van der Waals surface area contributed by atoms with Crippen LogP contribution < -0.4 is 17.2 Å². The minimum atomic E-state index is -0.400. The third kappa shape index (κ3) is 3.74. The van der Waals surface area contributed by atoms with Gasteiger partial charge in [-0.25, -0.2) is 24.3 Å². The van der Waals surface area contributed by atoms with Crippen molar-refractivity contribution in [1.82, 2.24) is 19.6 Å². The van der Waals surface area contributed by atoms with Crippen LogP contribution in [0.25, 0.3) is 0 Å². The van der Waals surface area contributed by atoms with Gasteiger partial charge in [0.2, 0.25) is 5.78 Å². The van der Waals surface area contributed by atoms with E-state index < -0.39 is 5.78 Å². The molecule has 28 heavy (non-hydrogen) atoms. The second kappa shape index (κ2) is 7.98. The highest BCUT2D eigenvalue weighted by Crippen LogP contribution is 2.25. The number of aromatic nitrogens is 4. The summed E-state index contributed by atoms with van der Waals surface area (Å²) in [5.41, 5.74) is 18.4. The molecular weight excluding hydrogens is 368 g/mol. The Hall–Kier alpha value is -3.58. The summed E-state index contributed by atoms with van der Waals surface area (Å²) < 4.78 is 2.77. The molecule has 0 saturated heterocycles. The van der Waals surface area contributed by atoms with E-state index in [9.17, 15) is 4.79 Å². The molecule has 3 heterocycles. The van der Waals surface area contributed by atoms with Crippen LogP contribution in [0.2, 0.25) is 0 Å². The molecule has 1 aliphatic heterocycles. The number of nitrogens with zero attached hydrogens (tertiary/aromatic N) is 7. The lowest BCUT2D eigenvalue weighted by molar-refractivity contribution is -0.112. The maximum atomic E-state index is 12.0. The SMILES string of the molecule is NC1=NC(=Nc2cnn(CCO)c2N)C(=Nc2cnn(CCO)c2N)CC1=O. The van der Waals surface area contributed by atoms with Crippen LogP contribution in [-0.2, 0) is 17.9 Å². The number of rotatable bonds is 6. The van der Waals surface area contributed by atoms with Gasteiger partial charge in [0.15, 0.2) is 11.7 Å². The van der Waals surface area contributed by atoms with E-state index in [1.165, 1.54) is 21.8 Å². The molecule has 0 amide bonds. The zero-order valence-corrected chi connectivity index (χ0v) is 14.9. The van der Waals surface area contributed by atoms with Gasteiger partial charge >= 0.3 is 0 Å². The molecule has 0 radical (unpaired) electrons. The van der Waals surface area contributed by atoms with Gasteiger partial charge < -0.3 is 27.4 Å². The maximum Gasteiger partial charge on any atom is 0.203 e. The number of aliphatic hydroxyl groups excluding tert-OH is 2. The normalized spacial score (nSPS) is 17.5. The molecule has 13 heteroatoms. The van der Waals surface area contributed by atoms with Crippen molar-refractivity contribution in [3.8, 4) is 0 Å². The molecule has 0 saturated carbocycles. The number of aliphatic hydroxyl groups is 2. The summed E-state index contributed by atoms with van der Waals surface area (Å²) in [4.78, 5) is 24.7. The predicted molar refractivity (Wildman–Crippen MR) is 103 cm³/mol. The number of hydrogen-bond donors (Lipinski definition) is 5. The minimum absolute atomic E-state index is 0.0988. The number of carbonyl (C=O) groups is 1. The number of anilines is 2. The van der Waals surface area contributed by atoms with Crippen molar-refractivity contribution in [3.05, 3.63) is 12.4 Å². The van der Waals surface area contributed by atoms with Crippen LogP contribution in [0.4, 0.5) is 23.0 Å². The fourth-order valence-corrected chi connectivity index (χ4v) is 2.49. The lowest BCUT2D eigenvalue weighted by Crippen LogP contribution is -2.35. The first-order chi connectivity index (χ1) is 13.4. The number of Topliss-reactive ketones (excluding diaryl/α,β-unsaturated/α-hetero) is 1. The number of aliphatic imine (C=N–C) groups is 3. The Labute approximate surface area is 158 Å². The van der Waals surface area contributed by atoms with E-state index in [1.54, 1.807) is 0 Å². The van der Waals surface area contributed by atoms with E-state index >= 15 is 0 Å². The Kier molecular flexibility index (Phi) is 5.47. The van der Waals surface area contributed by atoms with Gasteiger partial charge in [-0.15, -0.1) is 0 Å². The summed E-state index contributed by atoms with van der Waals surface area (Å²) in [6, 6.07) is 0. The largest absolute Gasteiger partial charge is 0.394 e. The third-order valence-electron chi connectivity index (χ3n) is 3.92. The van der Waals surface area contributed by atoms with E-state index in [2.05, 4.69) is 25.2 Å². The molecule has 0 aromatic carbocycles. The van der Waals surface area contributed by atoms with Crippen LogP contribution in [0.5, 0.6) is 0 Å². The molecule has 0 bridgehead atoms. The molecule has 0 spiro atoms. The van der Waals surface area contributed by atoms with Gasteiger partial charge in [0, 0.05) is 0 Å². The predicted octanol–water partition coefficient (Wildman–Crippen LogP) is -1.64. The van der Waals surface area contributed by atoms with Gasteiger partial charge in [-0.05, 0) is 0 Å². The van der Waals surface area contributed by atoms with E-state index in [0.717, 1.165) is 0 Å². The number of ketones is 1. The van der Waals surface area contributed by atoms with Gasteiger partial charge in [0.05, 0.1) is 50.8 Å². The molecule has 2 aromatic rings. The molecule has 8 N–H and O–H groups in total. The summed E-state index contributed by atoms with van der Waals surface area (Å²) in [6.07, 6.45) is 2.70. The monoisotopic (exact) mass is 388 g/mol. The minimum Gasteiger partial charge on any atom is -0.394 e. The van der Waals surface area contributed by atoms with Crippen molar-refractivity contribution in [2.45, 2.75) is 19.5 Å². The van der Waals surface area contributed by atoms with E-state index in [0.29, 0.717) is 11.4 Å². The lowest BCUT2D eigenvalue weighted by Gasteiger charge is -2.12. The van der Waals surface area contributed by atoms with E-state index in [-0.39, 0.29) is 61.7 Å². The highest BCUT2D eigenvalue weighted by atomic mass is 16.3. The van der Waals surface area contributed by atoms with Crippen molar-refractivity contribution < 1.29 is 15.0 Å². The molecule has 1 aliphatic rings. The van der Waals surface area contributed by atoms with Gasteiger partial charge in [0.25, 0.3) is 0 Å². The number of nitrogen functional groups attached to an aromatic ring is 2. The number of hydrogen-bond acceptors (Lipinski definition) is 10. The van der Waals surface area contributed by atoms with Crippen LogP contribution >= 0.6 is 0 Å². The quantitative estimate of drug-likeness (QED) is 0.386. The average Bonchev–Trinajstić information content (AvgIpc) is 3.18. The summed E-state index contributed by atoms with van der Waals surface area (Å²) in [6.45, 7) is 0.153. The number of nitrogens with two attached hydrogens (primary N) is 3. The van der Waals surface area contributed by atoms with Gasteiger partial charge in [-0.2, -0.15) is 10.2 Å². The zero-order valence-electron chi connectivity index (χ0n) is 14.9. The summed E-state index contributed by atoms with van der Waals surface area (Å²) in [5.74, 6) is -0.0411. The maximum absolute atomic E-state index is 12.0. The Morgan fingerprint density at radius 2 is 1.50 bits per heavy atom. The van der Waals surface area contributed by atoms with Crippen LogP contribution in [0, 0.1) is 0 Å². The number of carbonyl (C=O) groups excluding carboxylic acids is 1. The van der Waals surface area contributed by atoms with Crippen LogP contribution in [0.15, 0.2) is 27.4 Å². The molecule has 0 atom stereocenters. The van der Waals surface area contributed by atoms with Crippen LogP contribution in [0.3, 0.4) is 0 Å². The van der Waals surface area contributed by atoms with Crippen LogP contribution in [0.1, 0.15) is 6.42 Å². The molecule has 0 aliphatic carbocycles. The fourth-order valence-electron chi connectivity index (χ4n) is 2.49. The Bertz CT molecular complexity index is 984. The zero-order chi connectivity index (χ0) is 20.3.